The quantitative estimate of drug-likeness (QED) is 0.610. The number of aliphatic hydroxyl groups is 1. The summed E-state index contributed by atoms with van der Waals surface area (Å²) < 4.78 is 6.04. The fourth-order valence-electron chi connectivity index (χ4n) is 2.95. The molecule has 0 atom stereocenters. The van der Waals surface area contributed by atoms with Gasteiger partial charge < -0.3 is 14.2 Å². The highest BCUT2D eigenvalue weighted by Crippen LogP contribution is 2.24. The average Bonchev–Trinajstić information content (AvgIpc) is 3.33. The summed E-state index contributed by atoms with van der Waals surface area (Å²) in [6.45, 7) is 3.56. The third-order valence-electron chi connectivity index (χ3n) is 4.15. The van der Waals surface area contributed by atoms with Crippen molar-refractivity contribution in [2.24, 2.45) is 0 Å². The van der Waals surface area contributed by atoms with E-state index in [1.807, 2.05) is 46.1 Å². The van der Waals surface area contributed by atoms with E-state index in [2.05, 4.69) is 26.4 Å². The number of imidazole rings is 3. The predicted octanol–water partition coefficient (Wildman–Crippen LogP) is 2.10. The molecule has 7 nitrogen and oxygen atoms in total. The minimum atomic E-state index is 0.0971. The Hall–Kier alpha value is -2.93. The molecule has 122 valence electrons. The zero-order valence-electron chi connectivity index (χ0n) is 13.4. The number of rotatable bonds is 5. The summed E-state index contributed by atoms with van der Waals surface area (Å²) in [6.07, 6.45) is 9.13. The molecule has 1 N–H and O–H groups in total. The van der Waals surface area contributed by atoms with Gasteiger partial charge in [-0.15, -0.1) is 0 Å². The Morgan fingerprint density at radius 1 is 1.12 bits per heavy atom. The molecule has 0 spiro atoms. The first-order chi connectivity index (χ1) is 11.8. The van der Waals surface area contributed by atoms with Gasteiger partial charge in [0.1, 0.15) is 5.69 Å². The first kappa shape index (κ1) is 14.6. The van der Waals surface area contributed by atoms with E-state index in [0.29, 0.717) is 6.54 Å². The molecule has 3 heterocycles. The molecule has 24 heavy (non-hydrogen) atoms. The van der Waals surface area contributed by atoms with Gasteiger partial charge >= 0.3 is 0 Å². The molecule has 0 fully saturated rings. The molecule has 1 aromatic carbocycles. The third-order valence-corrected chi connectivity index (χ3v) is 4.15. The summed E-state index contributed by atoms with van der Waals surface area (Å²) in [5.41, 5.74) is 3.87. The Bertz CT molecular complexity index is 980. The normalized spacial score (nSPS) is 11.4. The van der Waals surface area contributed by atoms with Crippen molar-refractivity contribution >= 4 is 11.0 Å². The van der Waals surface area contributed by atoms with Crippen molar-refractivity contribution in [3.8, 4) is 17.2 Å². The minimum absolute atomic E-state index is 0.0971. The molecule has 7 heteroatoms. The van der Waals surface area contributed by atoms with E-state index in [9.17, 15) is 0 Å². The Morgan fingerprint density at radius 3 is 2.88 bits per heavy atom. The number of nitrogens with zero attached hydrogens (tertiary/aromatic N) is 6. The van der Waals surface area contributed by atoms with Gasteiger partial charge in [0, 0.05) is 31.2 Å². The molecular weight excluding hydrogens is 304 g/mol. The number of aliphatic hydroxyl groups excluding tert-OH is 1. The summed E-state index contributed by atoms with van der Waals surface area (Å²) in [4.78, 5) is 13.2. The van der Waals surface area contributed by atoms with Crippen LogP contribution in [0.2, 0.25) is 0 Å². The fourth-order valence-corrected chi connectivity index (χ4v) is 2.95. The molecule has 0 aliphatic carbocycles. The Balaban J connectivity index is 1.80. The van der Waals surface area contributed by atoms with Crippen LogP contribution in [0.4, 0.5) is 0 Å². The van der Waals surface area contributed by atoms with Crippen LogP contribution in [-0.2, 0) is 13.1 Å². The van der Waals surface area contributed by atoms with Crippen molar-refractivity contribution in [1.29, 1.82) is 0 Å². The first-order valence-electron chi connectivity index (χ1n) is 7.91. The zero-order valence-corrected chi connectivity index (χ0v) is 13.4. The summed E-state index contributed by atoms with van der Waals surface area (Å²) in [7, 11) is 0. The van der Waals surface area contributed by atoms with Crippen LogP contribution in [0.5, 0.6) is 0 Å². The van der Waals surface area contributed by atoms with E-state index in [0.717, 1.165) is 34.8 Å². The summed E-state index contributed by atoms with van der Waals surface area (Å²) in [5.74, 6) is 0.850. The Morgan fingerprint density at radius 2 is 2.04 bits per heavy atom. The highest BCUT2D eigenvalue weighted by molar-refractivity contribution is 5.78. The lowest BCUT2D eigenvalue weighted by Gasteiger charge is -2.10. The van der Waals surface area contributed by atoms with Gasteiger partial charge in [-0.3, -0.25) is 4.57 Å². The van der Waals surface area contributed by atoms with Gasteiger partial charge in [-0.2, -0.15) is 0 Å². The fraction of sp³-hybridized carbons (Fsp3) is 0.235. The molecule has 3 aromatic heterocycles. The average molecular weight is 322 g/mol. The van der Waals surface area contributed by atoms with Crippen LogP contribution in [0, 0.1) is 0 Å². The molecule has 0 amide bonds. The third kappa shape index (κ3) is 2.30. The van der Waals surface area contributed by atoms with Gasteiger partial charge in [-0.05, 0) is 25.1 Å². The van der Waals surface area contributed by atoms with Gasteiger partial charge in [0.05, 0.1) is 36.5 Å². The van der Waals surface area contributed by atoms with E-state index in [1.54, 1.807) is 12.5 Å². The number of aryl methyl sites for hydroxylation is 1. The van der Waals surface area contributed by atoms with Crippen LogP contribution in [0.25, 0.3) is 28.2 Å². The van der Waals surface area contributed by atoms with Crippen molar-refractivity contribution in [3.63, 3.8) is 0 Å². The van der Waals surface area contributed by atoms with E-state index >= 15 is 0 Å². The maximum atomic E-state index is 9.12. The smallest absolute Gasteiger partial charge is 0.162 e. The number of aromatic nitrogens is 6. The molecule has 0 bridgehead atoms. The lowest BCUT2D eigenvalue weighted by Crippen LogP contribution is -2.02. The Labute approximate surface area is 138 Å². The summed E-state index contributed by atoms with van der Waals surface area (Å²) >= 11 is 0. The second-order valence-electron chi connectivity index (χ2n) is 5.52. The first-order valence-corrected chi connectivity index (χ1v) is 7.91. The van der Waals surface area contributed by atoms with Crippen LogP contribution >= 0.6 is 0 Å². The monoisotopic (exact) mass is 322 g/mol. The molecule has 0 radical (unpaired) electrons. The number of hydrogen-bond donors (Lipinski definition) is 1. The number of hydrogen-bond acceptors (Lipinski definition) is 4. The van der Waals surface area contributed by atoms with Gasteiger partial charge in [0.2, 0.25) is 0 Å². The van der Waals surface area contributed by atoms with Gasteiger partial charge in [0.15, 0.2) is 5.82 Å². The number of benzene rings is 1. The standard InChI is InChI=1S/C17H18N6O/c1-2-21-11-18-10-16(21)17-19-5-6-23(17)13-3-4-15-14(9-13)20-12-22(15)7-8-24/h3-6,9-12,24H,2,7-8H2,1H3. The van der Waals surface area contributed by atoms with Crippen LogP contribution in [0.15, 0.2) is 49.4 Å². The van der Waals surface area contributed by atoms with Crippen molar-refractivity contribution in [2.75, 3.05) is 6.61 Å². The van der Waals surface area contributed by atoms with Crippen molar-refractivity contribution in [3.05, 3.63) is 49.4 Å². The van der Waals surface area contributed by atoms with Crippen LogP contribution < -0.4 is 0 Å². The maximum Gasteiger partial charge on any atom is 0.162 e. The minimum Gasteiger partial charge on any atom is -0.395 e. The zero-order chi connectivity index (χ0) is 16.5. The molecule has 4 aromatic rings. The van der Waals surface area contributed by atoms with Crippen molar-refractivity contribution in [2.45, 2.75) is 20.0 Å². The van der Waals surface area contributed by atoms with Gasteiger partial charge in [-0.25, -0.2) is 15.0 Å². The highest BCUT2D eigenvalue weighted by atomic mass is 16.3. The number of fused-ring (bicyclic) bond motifs is 1. The van der Waals surface area contributed by atoms with Gasteiger partial charge in [-0.1, -0.05) is 0 Å². The maximum absolute atomic E-state index is 9.12. The van der Waals surface area contributed by atoms with Crippen molar-refractivity contribution < 1.29 is 5.11 Å². The lowest BCUT2D eigenvalue weighted by molar-refractivity contribution is 0.278. The van der Waals surface area contributed by atoms with E-state index in [-0.39, 0.29) is 6.61 Å². The molecule has 0 aliphatic heterocycles. The van der Waals surface area contributed by atoms with E-state index < -0.39 is 0 Å². The van der Waals surface area contributed by atoms with E-state index in [1.165, 1.54) is 0 Å². The summed E-state index contributed by atoms with van der Waals surface area (Å²) in [5, 5.41) is 9.12. The molecule has 0 saturated carbocycles. The Kier molecular flexibility index (Phi) is 3.62. The second kappa shape index (κ2) is 5.93. The van der Waals surface area contributed by atoms with Gasteiger partial charge in [0.25, 0.3) is 0 Å². The largest absolute Gasteiger partial charge is 0.395 e. The predicted molar refractivity (Wildman–Crippen MR) is 90.8 cm³/mol. The SMILES string of the molecule is CCn1cncc1-c1nccn1-c1ccc2c(c1)ncn2CCO. The topological polar surface area (TPSA) is 73.7 Å². The lowest BCUT2D eigenvalue weighted by atomic mass is 10.2. The van der Waals surface area contributed by atoms with Crippen LogP contribution in [-0.4, -0.2) is 40.4 Å². The molecule has 0 unspecified atom stereocenters. The second-order valence-corrected chi connectivity index (χ2v) is 5.52. The molecule has 0 saturated heterocycles. The molecule has 4 rings (SSSR count). The molecule has 0 aliphatic rings. The van der Waals surface area contributed by atoms with Crippen molar-refractivity contribution in [1.82, 2.24) is 28.7 Å². The van der Waals surface area contributed by atoms with E-state index in [4.69, 9.17) is 5.11 Å². The van der Waals surface area contributed by atoms with Crippen LogP contribution in [0.1, 0.15) is 6.92 Å². The van der Waals surface area contributed by atoms with Crippen LogP contribution in [0.3, 0.4) is 0 Å². The molecular formula is C17H18N6O. The highest BCUT2D eigenvalue weighted by Gasteiger charge is 2.13. The summed E-state index contributed by atoms with van der Waals surface area (Å²) in [6, 6.07) is 6.09.